The third-order valence-corrected chi connectivity index (χ3v) is 4.72. The number of ether oxygens (including phenoxy) is 1. The van der Waals surface area contributed by atoms with Gasteiger partial charge in [-0.25, -0.2) is 4.68 Å². The van der Waals surface area contributed by atoms with Gasteiger partial charge in [-0.05, 0) is 24.2 Å². The van der Waals surface area contributed by atoms with E-state index in [-0.39, 0.29) is 0 Å². The summed E-state index contributed by atoms with van der Waals surface area (Å²) in [7, 11) is -1.04. The predicted octanol–water partition coefficient (Wildman–Crippen LogP) is 3.16. The highest BCUT2D eigenvalue weighted by Crippen LogP contribution is 2.15. The number of aldehydes is 1. The lowest BCUT2D eigenvalue weighted by molar-refractivity contribution is 0.0817. The van der Waals surface area contributed by atoms with Gasteiger partial charge in [-0.2, -0.15) is 5.10 Å². The van der Waals surface area contributed by atoms with Gasteiger partial charge >= 0.3 is 0 Å². The average Bonchev–Trinajstić information content (AvgIpc) is 2.75. The van der Waals surface area contributed by atoms with Crippen LogP contribution in [0.15, 0.2) is 24.4 Å². The molecule has 1 aromatic carbocycles. The third-order valence-electron chi connectivity index (χ3n) is 3.01. The molecule has 4 nitrogen and oxygen atoms in total. The number of rotatable bonds is 6. The van der Waals surface area contributed by atoms with E-state index < -0.39 is 8.07 Å². The molecule has 0 saturated heterocycles. The maximum Gasteiger partial charge on any atom is 0.150 e. The predicted molar refractivity (Wildman–Crippen MR) is 79.2 cm³/mol. The van der Waals surface area contributed by atoms with E-state index in [0.29, 0.717) is 12.3 Å². The summed E-state index contributed by atoms with van der Waals surface area (Å²) in [4.78, 5) is 10.7. The van der Waals surface area contributed by atoms with Gasteiger partial charge in [-0.1, -0.05) is 19.6 Å². The smallest absolute Gasteiger partial charge is 0.150 e. The molecule has 1 heterocycles. The summed E-state index contributed by atoms with van der Waals surface area (Å²) in [5, 5.41) is 5.26. The Balaban J connectivity index is 2.00. The summed E-state index contributed by atoms with van der Waals surface area (Å²) in [6.45, 7) is 8.25. The van der Waals surface area contributed by atoms with Crippen LogP contribution in [0.4, 0.5) is 0 Å². The van der Waals surface area contributed by atoms with Crippen LogP contribution in [0.2, 0.25) is 25.7 Å². The Morgan fingerprint density at radius 3 is 2.84 bits per heavy atom. The molecule has 19 heavy (non-hydrogen) atoms. The minimum atomic E-state index is -1.04. The van der Waals surface area contributed by atoms with E-state index in [1.807, 2.05) is 16.8 Å². The molecular formula is C14H20N2O2Si. The van der Waals surface area contributed by atoms with Gasteiger partial charge < -0.3 is 4.74 Å². The zero-order chi connectivity index (χ0) is 13.9. The number of aromatic nitrogens is 2. The van der Waals surface area contributed by atoms with Gasteiger partial charge in [-0.3, -0.25) is 4.79 Å². The summed E-state index contributed by atoms with van der Waals surface area (Å²) in [6.07, 6.45) is 2.62. The van der Waals surface area contributed by atoms with E-state index in [2.05, 4.69) is 24.7 Å². The molecule has 0 atom stereocenters. The van der Waals surface area contributed by atoms with Gasteiger partial charge in [0.15, 0.2) is 0 Å². The molecule has 0 unspecified atom stereocenters. The topological polar surface area (TPSA) is 44.1 Å². The van der Waals surface area contributed by atoms with E-state index in [4.69, 9.17) is 4.74 Å². The first-order valence-electron chi connectivity index (χ1n) is 6.48. The fraction of sp³-hybridized carbons (Fsp3) is 0.429. The zero-order valence-electron chi connectivity index (χ0n) is 11.7. The highest BCUT2D eigenvalue weighted by Gasteiger charge is 2.12. The van der Waals surface area contributed by atoms with Crippen molar-refractivity contribution in [3.8, 4) is 0 Å². The Hall–Kier alpha value is -1.46. The molecule has 102 valence electrons. The van der Waals surface area contributed by atoms with Crippen molar-refractivity contribution in [2.45, 2.75) is 32.4 Å². The van der Waals surface area contributed by atoms with Crippen LogP contribution in [0.5, 0.6) is 0 Å². The first kappa shape index (κ1) is 14.0. The molecule has 0 amide bonds. The quantitative estimate of drug-likeness (QED) is 0.462. The van der Waals surface area contributed by atoms with Crippen LogP contribution in [0.3, 0.4) is 0 Å². The van der Waals surface area contributed by atoms with Crippen LogP contribution in [0.1, 0.15) is 10.4 Å². The van der Waals surface area contributed by atoms with Crippen molar-refractivity contribution in [2.75, 3.05) is 6.61 Å². The molecule has 2 aromatic rings. The van der Waals surface area contributed by atoms with Crippen molar-refractivity contribution in [1.29, 1.82) is 0 Å². The molecule has 0 bridgehead atoms. The van der Waals surface area contributed by atoms with Gasteiger partial charge in [0.25, 0.3) is 0 Å². The lowest BCUT2D eigenvalue weighted by Gasteiger charge is -2.15. The number of fused-ring (bicyclic) bond motifs is 1. The maximum absolute atomic E-state index is 10.7. The van der Waals surface area contributed by atoms with Crippen molar-refractivity contribution in [2.24, 2.45) is 0 Å². The van der Waals surface area contributed by atoms with E-state index in [1.165, 1.54) is 0 Å². The molecule has 0 spiro atoms. The summed E-state index contributed by atoms with van der Waals surface area (Å²) in [5.41, 5.74) is 1.67. The molecule has 2 rings (SSSR count). The van der Waals surface area contributed by atoms with Crippen LogP contribution >= 0.6 is 0 Å². The number of carbonyl (C=O) groups is 1. The number of nitrogens with zero attached hydrogens (tertiary/aromatic N) is 2. The third kappa shape index (κ3) is 3.75. The molecule has 0 fully saturated rings. The lowest BCUT2D eigenvalue weighted by Crippen LogP contribution is -2.22. The molecular weight excluding hydrogens is 256 g/mol. The molecule has 0 aliphatic heterocycles. The van der Waals surface area contributed by atoms with Crippen molar-refractivity contribution < 1.29 is 9.53 Å². The van der Waals surface area contributed by atoms with E-state index in [1.54, 1.807) is 12.3 Å². The Morgan fingerprint density at radius 2 is 2.16 bits per heavy atom. The standard InChI is InChI=1S/C14H20N2O2Si/c1-19(2,3)7-6-18-11-16-14-5-4-12(10-17)8-13(14)9-15-16/h4-5,8-10H,6-7,11H2,1-3H3. The molecule has 0 aliphatic rings. The number of carbonyl (C=O) groups excluding carboxylic acids is 1. The van der Waals surface area contributed by atoms with E-state index >= 15 is 0 Å². The second-order valence-corrected chi connectivity index (χ2v) is 11.5. The molecule has 5 heteroatoms. The minimum absolute atomic E-state index is 0.467. The van der Waals surface area contributed by atoms with Gasteiger partial charge in [0, 0.05) is 25.6 Å². The van der Waals surface area contributed by atoms with Crippen LogP contribution in [-0.4, -0.2) is 30.7 Å². The van der Waals surface area contributed by atoms with Crippen molar-refractivity contribution in [3.05, 3.63) is 30.0 Å². The summed E-state index contributed by atoms with van der Waals surface area (Å²) >= 11 is 0. The van der Waals surface area contributed by atoms with Gasteiger partial charge in [0.1, 0.15) is 13.0 Å². The highest BCUT2D eigenvalue weighted by molar-refractivity contribution is 6.76. The SMILES string of the molecule is C[Si](C)(C)CCOCn1ncc2cc(C=O)ccc21. The van der Waals surface area contributed by atoms with Crippen molar-refractivity contribution in [3.63, 3.8) is 0 Å². The normalized spacial score (nSPS) is 11.9. The highest BCUT2D eigenvalue weighted by atomic mass is 28.3. The number of benzene rings is 1. The second kappa shape index (κ2) is 5.67. The molecule has 1 aromatic heterocycles. The van der Waals surface area contributed by atoms with E-state index in [0.717, 1.165) is 29.8 Å². The van der Waals surface area contributed by atoms with E-state index in [9.17, 15) is 4.79 Å². The zero-order valence-corrected chi connectivity index (χ0v) is 12.7. The first-order chi connectivity index (χ1) is 8.99. The van der Waals surface area contributed by atoms with Crippen LogP contribution < -0.4 is 0 Å². The minimum Gasteiger partial charge on any atom is -0.360 e. The summed E-state index contributed by atoms with van der Waals surface area (Å²) in [5.74, 6) is 0. The molecule has 0 N–H and O–H groups in total. The summed E-state index contributed by atoms with van der Waals surface area (Å²) < 4.78 is 7.51. The van der Waals surface area contributed by atoms with Crippen molar-refractivity contribution in [1.82, 2.24) is 9.78 Å². The lowest BCUT2D eigenvalue weighted by atomic mass is 10.2. The molecule has 0 saturated carbocycles. The first-order valence-corrected chi connectivity index (χ1v) is 10.2. The van der Waals surface area contributed by atoms with Gasteiger partial charge in [0.2, 0.25) is 0 Å². The number of hydrogen-bond acceptors (Lipinski definition) is 3. The monoisotopic (exact) mass is 276 g/mol. The Kier molecular flexibility index (Phi) is 4.16. The van der Waals surface area contributed by atoms with Crippen LogP contribution in [-0.2, 0) is 11.5 Å². The molecule has 0 radical (unpaired) electrons. The number of hydrogen-bond donors (Lipinski definition) is 0. The van der Waals surface area contributed by atoms with Gasteiger partial charge in [-0.15, -0.1) is 0 Å². The second-order valence-electron chi connectivity index (χ2n) is 5.93. The average molecular weight is 276 g/mol. The Morgan fingerprint density at radius 1 is 1.37 bits per heavy atom. The fourth-order valence-electron chi connectivity index (χ4n) is 1.81. The van der Waals surface area contributed by atoms with Gasteiger partial charge in [0.05, 0.1) is 11.7 Å². The Labute approximate surface area is 114 Å². The molecule has 0 aliphatic carbocycles. The maximum atomic E-state index is 10.7. The van der Waals surface area contributed by atoms with Crippen molar-refractivity contribution >= 4 is 25.3 Å². The largest absolute Gasteiger partial charge is 0.360 e. The van der Waals surface area contributed by atoms with Crippen LogP contribution in [0.25, 0.3) is 10.9 Å². The summed E-state index contributed by atoms with van der Waals surface area (Å²) in [6, 6.07) is 6.71. The fourth-order valence-corrected chi connectivity index (χ4v) is 2.57. The van der Waals surface area contributed by atoms with Crippen LogP contribution in [0, 0.1) is 0 Å². The Bertz CT molecular complexity index is 572.